The molecule has 3 heterocycles. The first-order chi connectivity index (χ1) is 11.7. The Kier molecular flexibility index (Phi) is 5.47. The Labute approximate surface area is 142 Å². The van der Waals surface area contributed by atoms with E-state index in [-0.39, 0.29) is 18.2 Å². The fraction of sp³-hybridized carbons (Fsp3) is 0.688. The molecule has 0 saturated carbocycles. The molecule has 2 atom stereocenters. The number of likely N-dealkylation sites (N-methyl/N-ethyl adjacent to an activating group) is 1. The Hall–Kier alpha value is -1.93. The number of carbonyl (C=O) groups excluding carboxylic acids is 1. The second-order valence-electron chi connectivity index (χ2n) is 6.31. The van der Waals surface area contributed by atoms with E-state index in [1.54, 1.807) is 18.6 Å². The number of urea groups is 1. The summed E-state index contributed by atoms with van der Waals surface area (Å²) in [6.07, 6.45) is 5.20. The fourth-order valence-electron chi connectivity index (χ4n) is 3.33. The van der Waals surface area contributed by atoms with E-state index in [1.807, 2.05) is 11.8 Å². The quantitative estimate of drug-likeness (QED) is 0.837. The van der Waals surface area contributed by atoms with E-state index in [0.717, 1.165) is 32.0 Å². The third kappa shape index (κ3) is 3.93. The van der Waals surface area contributed by atoms with Gasteiger partial charge in [0.15, 0.2) is 0 Å². The largest absolute Gasteiger partial charge is 0.375 e. The van der Waals surface area contributed by atoms with Crippen LogP contribution in [-0.2, 0) is 4.74 Å². The van der Waals surface area contributed by atoms with Gasteiger partial charge in [-0.3, -0.25) is 4.98 Å². The molecule has 1 N–H and O–H groups in total. The zero-order valence-electron chi connectivity index (χ0n) is 14.4. The molecule has 132 valence electrons. The van der Waals surface area contributed by atoms with E-state index in [2.05, 4.69) is 32.1 Å². The standard InChI is InChI=1S/C16H26N6O2/c1-3-24-14-12-20(2)11-13(14)19-16(23)22-8-6-21(7-9-22)15-10-17-4-5-18-15/h4-5,10,13-14H,3,6-9,11-12H2,1-2H3,(H,19,23)/t13-,14-/m0/s1. The normalized spacial score (nSPS) is 25.1. The maximum absolute atomic E-state index is 12.5. The summed E-state index contributed by atoms with van der Waals surface area (Å²) < 4.78 is 5.75. The third-order valence-electron chi connectivity index (χ3n) is 4.58. The van der Waals surface area contributed by atoms with Crippen molar-refractivity contribution in [3.05, 3.63) is 18.6 Å². The van der Waals surface area contributed by atoms with Gasteiger partial charge in [0.2, 0.25) is 0 Å². The fourth-order valence-corrected chi connectivity index (χ4v) is 3.33. The highest BCUT2D eigenvalue weighted by atomic mass is 16.5. The van der Waals surface area contributed by atoms with Crippen molar-refractivity contribution in [2.75, 3.05) is 57.8 Å². The van der Waals surface area contributed by atoms with Gasteiger partial charge in [0.05, 0.1) is 18.3 Å². The predicted octanol–water partition coefficient (Wildman–Crippen LogP) is 0.0273. The van der Waals surface area contributed by atoms with Crippen LogP contribution in [0.15, 0.2) is 18.6 Å². The predicted molar refractivity (Wildman–Crippen MR) is 91.0 cm³/mol. The van der Waals surface area contributed by atoms with Crippen LogP contribution >= 0.6 is 0 Å². The molecular formula is C16H26N6O2. The van der Waals surface area contributed by atoms with Crippen LogP contribution in [0.4, 0.5) is 10.6 Å². The number of hydrogen-bond acceptors (Lipinski definition) is 6. The summed E-state index contributed by atoms with van der Waals surface area (Å²) in [6.45, 7) is 7.26. The van der Waals surface area contributed by atoms with Gasteiger partial charge in [0, 0.05) is 58.3 Å². The summed E-state index contributed by atoms with van der Waals surface area (Å²) in [7, 11) is 2.05. The average molecular weight is 334 g/mol. The minimum atomic E-state index is -0.00111. The molecule has 3 rings (SSSR count). The number of anilines is 1. The molecule has 2 aliphatic rings. The average Bonchev–Trinajstić information content (AvgIpc) is 2.95. The third-order valence-corrected chi connectivity index (χ3v) is 4.58. The van der Waals surface area contributed by atoms with Crippen molar-refractivity contribution in [2.24, 2.45) is 0 Å². The van der Waals surface area contributed by atoms with Crippen LogP contribution in [0, 0.1) is 0 Å². The van der Waals surface area contributed by atoms with E-state index < -0.39 is 0 Å². The van der Waals surface area contributed by atoms with Gasteiger partial charge in [0.25, 0.3) is 0 Å². The monoisotopic (exact) mass is 334 g/mol. The Morgan fingerprint density at radius 3 is 2.75 bits per heavy atom. The van der Waals surface area contributed by atoms with Gasteiger partial charge >= 0.3 is 6.03 Å². The molecule has 24 heavy (non-hydrogen) atoms. The lowest BCUT2D eigenvalue weighted by atomic mass is 10.2. The lowest BCUT2D eigenvalue weighted by molar-refractivity contribution is 0.0549. The molecule has 1 aromatic heterocycles. The van der Waals surface area contributed by atoms with Gasteiger partial charge in [-0.1, -0.05) is 0 Å². The second kappa shape index (κ2) is 7.76. The summed E-state index contributed by atoms with van der Waals surface area (Å²) >= 11 is 0. The van der Waals surface area contributed by atoms with Crippen molar-refractivity contribution in [1.82, 2.24) is 25.1 Å². The molecule has 8 heteroatoms. The Morgan fingerprint density at radius 1 is 1.29 bits per heavy atom. The Bertz CT molecular complexity index is 535. The van der Waals surface area contributed by atoms with Crippen LogP contribution in [-0.4, -0.2) is 90.9 Å². The molecule has 0 radical (unpaired) electrons. The maximum Gasteiger partial charge on any atom is 0.317 e. The van der Waals surface area contributed by atoms with Crippen LogP contribution in [0.1, 0.15) is 6.92 Å². The highest BCUT2D eigenvalue weighted by Crippen LogP contribution is 2.14. The number of carbonyl (C=O) groups is 1. The van der Waals surface area contributed by atoms with Crippen LogP contribution in [0.2, 0.25) is 0 Å². The van der Waals surface area contributed by atoms with Crippen LogP contribution in [0.25, 0.3) is 0 Å². The van der Waals surface area contributed by atoms with Crippen molar-refractivity contribution in [3.8, 4) is 0 Å². The molecular weight excluding hydrogens is 308 g/mol. The summed E-state index contributed by atoms with van der Waals surface area (Å²) in [5.41, 5.74) is 0. The first-order valence-electron chi connectivity index (χ1n) is 8.54. The van der Waals surface area contributed by atoms with Gasteiger partial charge in [-0.05, 0) is 14.0 Å². The van der Waals surface area contributed by atoms with Gasteiger partial charge in [-0.2, -0.15) is 0 Å². The molecule has 2 aliphatic heterocycles. The lowest BCUT2D eigenvalue weighted by Crippen LogP contribution is -2.55. The maximum atomic E-state index is 12.5. The number of aromatic nitrogens is 2. The van der Waals surface area contributed by atoms with E-state index in [1.165, 1.54) is 0 Å². The zero-order valence-corrected chi connectivity index (χ0v) is 14.4. The highest BCUT2D eigenvalue weighted by molar-refractivity contribution is 5.75. The number of rotatable bonds is 4. The number of nitrogens with one attached hydrogen (secondary N) is 1. The van der Waals surface area contributed by atoms with Gasteiger partial charge in [0.1, 0.15) is 5.82 Å². The Morgan fingerprint density at radius 2 is 2.08 bits per heavy atom. The van der Waals surface area contributed by atoms with Crippen molar-refractivity contribution in [3.63, 3.8) is 0 Å². The first-order valence-corrected chi connectivity index (χ1v) is 8.54. The zero-order chi connectivity index (χ0) is 16.9. The van der Waals surface area contributed by atoms with Gasteiger partial charge in [-0.25, -0.2) is 9.78 Å². The molecule has 8 nitrogen and oxygen atoms in total. The summed E-state index contributed by atoms with van der Waals surface area (Å²) in [5.74, 6) is 0.867. The molecule has 0 unspecified atom stereocenters. The van der Waals surface area contributed by atoms with E-state index in [9.17, 15) is 4.79 Å². The number of likely N-dealkylation sites (tertiary alicyclic amines) is 1. The Balaban J connectivity index is 1.50. The summed E-state index contributed by atoms with van der Waals surface area (Å²) in [6, 6.07) is 0.0549. The van der Waals surface area contributed by atoms with Crippen LogP contribution in [0.3, 0.4) is 0 Å². The van der Waals surface area contributed by atoms with Crippen molar-refractivity contribution < 1.29 is 9.53 Å². The minimum absolute atomic E-state index is 0.00111. The van der Waals surface area contributed by atoms with Crippen LogP contribution < -0.4 is 10.2 Å². The van der Waals surface area contributed by atoms with Gasteiger partial charge < -0.3 is 24.8 Å². The number of hydrogen-bond donors (Lipinski definition) is 1. The van der Waals surface area contributed by atoms with Crippen molar-refractivity contribution in [1.29, 1.82) is 0 Å². The summed E-state index contributed by atoms with van der Waals surface area (Å²) in [5, 5.41) is 3.14. The first kappa shape index (κ1) is 16.9. The molecule has 2 fully saturated rings. The number of ether oxygens (including phenoxy) is 1. The molecule has 0 aliphatic carbocycles. The topological polar surface area (TPSA) is 73.8 Å². The highest BCUT2D eigenvalue weighted by Gasteiger charge is 2.34. The van der Waals surface area contributed by atoms with Crippen molar-refractivity contribution in [2.45, 2.75) is 19.1 Å². The van der Waals surface area contributed by atoms with Gasteiger partial charge in [-0.15, -0.1) is 0 Å². The van der Waals surface area contributed by atoms with E-state index in [0.29, 0.717) is 19.7 Å². The minimum Gasteiger partial charge on any atom is -0.375 e. The molecule has 1 aromatic rings. The van der Waals surface area contributed by atoms with Crippen LogP contribution in [0.5, 0.6) is 0 Å². The summed E-state index contributed by atoms with van der Waals surface area (Å²) in [4.78, 5) is 27.2. The van der Waals surface area contributed by atoms with E-state index >= 15 is 0 Å². The SMILES string of the molecule is CCO[C@H]1CN(C)C[C@@H]1NC(=O)N1CCN(c2cnccn2)CC1. The number of nitrogens with zero attached hydrogens (tertiary/aromatic N) is 5. The molecule has 0 spiro atoms. The van der Waals surface area contributed by atoms with Crippen molar-refractivity contribution >= 4 is 11.8 Å². The number of piperazine rings is 1. The van der Waals surface area contributed by atoms with E-state index in [4.69, 9.17) is 4.74 Å². The lowest BCUT2D eigenvalue weighted by Gasteiger charge is -2.36. The molecule has 2 saturated heterocycles. The molecule has 0 bridgehead atoms. The molecule has 0 aromatic carbocycles. The molecule has 2 amide bonds. The number of amides is 2. The smallest absolute Gasteiger partial charge is 0.317 e. The second-order valence-corrected chi connectivity index (χ2v) is 6.31.